The Hall–Kier alpha value is -0.660. The molecule has 0 aliphatic carbocycles. The summed E-state index contributed by atoms with van der Waals surface area (Å²) in [5.41, 5.74) is 5.54. The molecule has 7 heteroatoms. The minimum atomic E-state index is -3.24. The fourth-order valence-electron chi connectivity index (χ4n) is 1.93. The van der Waals surface area contributed by atoms with Gasteiger partial charge in [0.1, 0.15) is 0 Å². The van der Waals surface area contributed by atoms with Crippen LogP contribution in [-0.2, 0) is 14.8 Å². The quantitative estimate of drug-likeness (QED) is 0.506. The zero-order valence-corrected chi connectivity index (χ0v) is 12.8. The molecule has 1 unspecified atom stereocenters. The number of nitrogens with one attached hydrogen (secondary N) is 2. The molecular weight excluding hydrogens is 266 g/mol. The molecule has 1 amide bonds. The molecular formula is C12H27N3O3S. The summed E-state index contributed by atoms with van der Waals surface area (Å²) in [7, 11) is -1.88. The van der Waals surface area contributed by atoms with Crippen molar-refractivity contribution in [1.82, 2.24) is 10.0 Å². The van der Waals surface area contributed by atoms with Crippen LogP contribution in [0.1, 0.15) is 39.0 Å². The molecule has 0 saturated heterocycles. The Morgan fingerprint density at radius 1 is 1.26 bits per heavy atom. The lowest BCUT2D eigenvalue weighted by molar-refractivity contribution is -0.121. The van der Waals surface area contributed by atoms with Crippen molar-refractivity contribution in [3.63, 3.8) is 0 Å². The van der Waals surface area contributed by atoms with Crippen molar-refractivity contribution in [2.24, 2.45) is 11.7 Å². The molecule has 4 N–H and O–H groups in total. The van der Waals surface area contributed by atoms with Crippen LogP contribution >= 0.6 is 0 Å². The lowest BCUT2D eigenvalue weighted by atomic mass is 9.94. The van der Waals surface area contributed by atoms with E-state index in [1.54, 1.807) is 0 Å². The predicted octanol–water partition coefficient (Wildman–Crippen LogP) is 0.197. The monoisotopic (exact) mass is 293 g/mol. The van der Waals surface area contributed by atoms with E-state index >= 15 is 0 Å². The van der Waals surface area contributed by atoms with Crippen molar-refractivity contribution in [3.8, 4) is 0 Å². The van der Waals surface area contributed by atoms with Crippen LogP contribution in [0.25, 0.3) is 0 Å². The first-order chi connectivity index (χ1) is 8.95. The van der Waals surface area contributed by atoms with Gasteiger partial charge in [-0.05, 0) is 32.4 Å². The lowest BCUT2D eigenvalue weighted by Gasteiger charge is -2.14. The Kier molecular flexibility index (Phi) is 9.81. The number of hydrogen-bond donors (Lipinski definition) is 3. The van der Waals surface area contributed by atoms with Gasteiger partial charge in [-0.2, -0.15) is 0 Å². The standard InChI is InChI=1S/C12H27N3O3S/c1-3-4-11(7-8-13)5-6-12(16)15-9-10-19(17,18)14-2/h11,14H,3-10,13H2,1-2H3,(H,15,16). The highest BCUT2D eigenvalue weighted by Gasteiger charge is 2.11. The van der Waals surface area contributed by atoms with Gasteiger partial charge in [-0.25, -0.2) is 13.1 Å². The average Bonchev–Trinajstić information content (AvgIpc) is 2.36. The minimum absolute atomic E-state index is 0.0869. The van der Waals surface area contributed by atoms with Crippen molar-refractivity contribution in [2.45, 2.75) is 39.0 Å². The first kappa shape index (κ1) is 18.3. The molecule has 0 aliphatic heterocycles. The summed E-state index contributed by atoms with van der Waals surface area (Å²) in [6.07, 6.45) is 4.36. The molecule has 0 heterocycles. The zero-order chi connectivity index (χ0) is 14.7. The Morgan fingerprint density at radius 3 is 2.47 bits per heavy atom. The summed E-state index contributed by atoms with van der Waals surface area (Å²) < 4.78 is 24.5. The summed E-state index contributed by atoms with van der Waals surface area (Å²) in [6.45, 7) is 2.91. The fourth-order valence-corrected chi connectivity index (χ4v) is 2.50. The predicted molar refractivity (Wildman–Crippen MR) is 77.2 cm³/mol. The van der Waals surface area contributed by atoms with Crippen LogP contribution in [-0.4, -0.2) is 40.2 Å². The van der Waals surface area contributed by atoms with E-state index in [1.807, 2.05) is 0 Å². The number of carbonyl (C=O) groups is 1. The van der Waals surface area contributed by atoms with E-state index in [2.05, 4.69) is 17.0 Å². The number of hydrogen-bond acceptors (Lipinski definition) is 4. The van der Waals surface area contributed by atoms with Crippen molar-refractivity contribution in [1.29, 1.82) is 0 Å². The maximum atomic E-state index is 11.6. The molecule has 19 heavy (non-hydrogen) atoms. The number of carbonyl (C=O) groups excluding carboxylic acids is 1. The molecule has 6 nitrogen and oxygen atoms in total. The molecule has 0 rings (SSSR count). The number of amides is 1. The summed E-state index contributed by atoms with van der Waals surface area (Å²) in [6, 6.07) is 0. The maximum absolute atomic E-state index is 11.6. The second-order valence-corrected chi connectivity index (χ2v) is 6.69. The van der Waals surface area contributed by atoms with Crippen molar-refractivity contribution in [3.05, 3.63) is 0 Å². The van der Waals surface area contributed by atoms with Gasteiger partial charge >= 0.3 is 0 Å². The van der Waals surface area contributed by atoms with Crippen molar-refractivity contribution >= 4 is 15.9 Å². The first-order valence-corrected chi connectivity index (χ1v) is 8.48. The Bertz CT molecular complexity index is 338. The largest absolute Gasteiger partial charge is 0.355 e. The molecule has 0 spiro atoms. The molecule has 0 fully saturated rings. The Balaban J connectivity index is 3.85. The van der Waals surface area contributed by atoms with Crippen LogP contribution in [0.5, 0.6) is 0 Å². The van der Waals surface area contributed by atoms with E-state index in [9.17, 15) is 13.2 Å². The first-order valence-electron chi connectivity index (χ1n) is 6.83. The summed E-state index contributed by atoms with van der Waals surface area (Å²) in [5, 5.41) is 2.62. The van der Waals surface area contributed by atoms with E-state index in [0.29, 0.717) is 18.9 Å². The average molecular weight is 293 g/mol. The van der Waals surface area contributed by atoms with Gasteiger partial charge in [0, 0.05) is 13.0 Å². The molecule has 0 radical (unpaired) electrons. The van der Waals surface area contributed by atoms with Gasteiger partial charge in [0.05, 0.1) is 5.75 Å². The van der Waals surface area contributed by atoms with Gasteiger partial charge in [-0.3, -0.25) is 4.79 Å². The molecule has 0 aromatic carbocycles. The summed E-state index contributed by atoms with van der Waals surface area (Å²) in [5.74, 6) is 0.308. The second kappa shape index (κ2) is 10.2. The van der Waals surface area contributed by atoms with Crippen molar-refractivity contribution < 1.29 is 13.2 Å². The van der Waals surface area contributed by atoms with E-state index < -0.39 is 10.0 Å². The number of nitrogens with two attached hydrogens (primary N) is 1. The third-order valence-electron chi connectivity index (χ3n) is 3.06. The van der Waals surface area contributed by atoms with Crippen molar-refractivity contribution in [2.75, 3.05) is 25.9 Å². The number of rotatable bonds is 11. The van der Waals surface area contributed by atoms with Gasteiger partial charge in [0.15, 0.2) is 0 Å². The van der Waals surface area contributed by atoms with E-state index in [-0.39, 0.29) is 18.2 Å². The van der Waals surface area contributed by atoms with Crippen LogP contribution in [0.3, 0.4) is 0 Å². The number of sulfonamides is 1. The summed E-state index contributed by atoms with van der Waals surface area (Å²) >= 11 is 0. The Morgan fingerprint density at radius 2 is 1.95 bits per heavy atom. The molecule has 1 atom stereocenters. The SMILES string of the molecule is CCCC(CCN)CCC(=O)NCCS(=O)(=O)NC. The van der Waals surface area contributed by atoms with Gasteiger partial charge < -0.3 is 11.1 Å². The lowest BCUT2D eigenvalue weighted by Crippen LogP contribution is -2.33. The second-order valence-electron chi connectivity index (χ2n) is 4.64. The van der Waals surface area contributed by atoms with Gasteiger partial charge in [0.2, 0.25) is 15.9 Å². The van der Waals surface area contributed by atoms with Crippen LogP contribution in [0.15, 0.2) is 0 Å². The molecule has 114 valence electrons. The third kappa shape index (κ3) is 9.86. The highest BCUT2D eigenvalue weighted by atomic mass is 32.2. The van der Waals surface area contributed by atoms with Crippen LogP contribution < -0.4 is 15.8 Å². The van der Waals surface area contributed by atoms with E-state index in [0.717, 1.165) is 25.7 Å². The molecule has 0 bridgehead atoms. The van der Waals surface area contributed by atoms with Gasteiger partial charge in [-0.15, -0.1) is 0 Å². The van der Waals surface area contributed by atoms with E-state index in [4.69, 9.17) is 5.73 Å². The van der Waals surface area contributed by atoms with Gasteiger partial charge in [0.25, 0.3) is 0 Å². The topological polar surface area (TPSA) is 101 Å². The van der Waals surface area contributed by atoms with Crippen LogP contribution in [0.2, 0.25) is 0 Å². The highest BCUT2D eigenvalue weighted by molar-refractivity contribution is 7.89. The van der Waals surface area contributed by atoms with E-state index in [1.165, 1.54) is 7.05 Å². The smallest absolute Gasteiger partial charge is 0.220 e. The highest BCUT2D eigenvalue weighted by Crippen LogP contribution is 2.16. The normalized spacial score (nSPS) is 13.2. The summed E-state index contributed by atoms with van der Waals surface area (Å²) in [4.78, 5) is 11.6. The molecule has 0 saturated carbocycles. The Labute approximate surface area is 116 Å². The van der Waals surface area contributed by atoms with Crippen LogP contribution in [0.4, 0.5) is 0 Å². The minimum Gasteiger partial charge on any atom is -0.355 e. The zero-order valence-electron chi connectivity index (χ0n) is 11.9. The molecule has 0 aliphatic rings. The molecule has 0 aromatic rings. The fraction of sp³-hybridized carbons (Fsp3) is 0.917. The van der Waals surface area contributed by atoms with Gasteiger partial charge in [-0.1, -0.05) is 19.8 Å². The third-order valence-corrected chi connectivity index (χ3v) is 4.42. The maximum Gasteiger partial charge on any atom is 0.220 e. The van der Waals surface area contributed by atoms with Crippen LogP contribution in [0, 0.1) is 5.92 Å². The molecule has 0 aromatic heterocycles.